The molecule has 1 unspecified atom stereocenters. The summed E-state index contributed by atoms with van der Waals surface area (Å²) in [6, 6.07) is 4.35. The van der Waals surface area contributed by atoms with Gasteiger partial charge in [-0.1, -0.05) is 6.07 Å². The Morgan fingerprint density at radius 1 is 1.42 bits per heavy atom. The highest BCUT2D eigenvalue weighted by Gasteiger charge is 2.25. The molecule has 1 N–H and O–H groups in total. The largest absolute Gasteiger partial charge is 0.478 e. The first-order valence-electron chi connectivity index (χ1n) is 8.01. The summed E-state index contributed by atoms with van der Waals surface area (Å²) in [5.41, 5.74) is 2.85. The molecule has 1 aliphatic rings. The maximum atomic E-state index is 13.5. The Morgan fingerprint density at radius 2 is 2.21 bits per heavy atom. The molecule has 0 aliphatic carbocycles. The summed E-state index contributed by atoms with van der Waals surface area (Å²) in [6.07, 6.45) is 3.49. The number of nitrogens with zero attached hydrogens (tertiary/aromatic N) is 3. The molecule has 1 aliphatic heterocycles. The van der Waals surface area contributed by atoms with Gasteiger partial charge >= 0.3 is 5.97 Å². The second-order valence-corrected chi connectivity index (χ2v) is 6.40. The smallest absolute Gasteiger partial charge is 0.338 e. The highest BCUT2D eigenvalue weighted by Crippen LogP contribution is 2.28. The number of hydrogen-bond donors (Lipinski definition) is 1. The zero-order chi connectivity index (χ0) is 17.3. The van der Waals surface area contributed by atoms with Crippen molar-refractivity contribution in [2.24, 2.45) is 5.92 Å². The van der Waals surface area contributed by atoms with Gasteiger partial charge in [-0.15, -0.1) is 5.10 Å². The molecule has 0 spiro atoms. The van der Waals surface area contributed by atoms with E-state index in [1.165, 1.54) is 12.1 Å². The number of aromatic carboxylic acids is 1. The lowest BCUT2D eigenvalue weighted by Gasteiger charge is -2.19. The number of benzene rings is 1. The molecule has 5 nitrogen and oxygen atoms in total. The predicted molar refractivity (Wildman–Crippen MR) is 88.9 cm³/mol. The monoisotopic (exact) mass is 329 g/mol. The van der Waals surface area contributed by atoms with Gasteiger partial charge in [-0.2, -0.15) is 5.10 Å². The molecule has 1 aromatic carbocycles. The van der Waals surface area contributed by atoms with E-state index in [2.05, 4.69) is 15.1 Å². The van der Waals surface area contributed by atoms with Crippen LogP contribution in [0.4, 0.5) is 10.2 Å². The standard InChI is InChI=1S/C18H20FN3O2/c1-11-9-20-21-17(12(11)2)22-6-5-14(10-22)7-13-3-4-16(19)15(8-13)18(23)24/h3-4,8-9,14H,5-7,10H2,1-2H3,(H,23,24). The number of rotatable bonds is 4. The molecule has 3 rings (SSSR count). The van der Waals surface area contributed by atoms with Crippen LogP contribution in [0.3, 0.4) is 0 Å². The highest BCUT2D eigenvalue weighted by molar-refractivity contribution is 5.88. The Kier molecular flexibility index (Phi) is 4.46. The van der Waals surface area contributed by atoms with Crippen molar-refractivity contribution in [1.82, 2.24) is 10.2 Å². The normalized spacial score (nSPS) is 17.3. The van der Waals surface area contributed by atoms with Crippen LogP contribution in [0.5, 0.6) is 0 Å². The van der Waals surface area contributed by atoms with E-state index in [4.69, 9.17) is 5.11 Å². The first-order chi connectivity index (χ1) is 11.5. The maximum Gasteiger partial charge on any atom is 0.338 e. The second-order valence-electron chi connectivity index (χ2n) is 6.40. The summed E-state index contributed by atoms with van der Waals surface area (Å²) in [5, 5.41) is 17.3. The molecule has 6 heteroatoms. The van der Waals surface area contributed by atoms with Crippen molar-refractivity contribution in [1.29, 1.82) is 0 Å². The molecule has 2 heterocycles. The topological polar surface area (TPSA) is 66.3 Å². The van der Waals surface area contributed by atoms with Crippen molar-refractivity contribution in [3.8, 4) is 0 Å². The van der Waals surface area contributed by atoms with Gasteiger partial charge in [-0.25, -0.2) is 9.18 Å². The molecule has 1 fully saturated rings. The van der Waals surface area contributed by atoms with Gasteiger partial charge in [-0.3, -0.25) is 0 Å². The Bertz CT molecular complexity index is 779. The minimum absolute atomic E-state index is 0.261. The number of aryl methyl sites for hydroxylation is 1. The molecule has 2 aromatic rings. The van der Waals surface area contributed by atoms with Gasteiger partial charge in [0.25, 0.3) is 0 Å². The molecule has 0 saturated carbocycles. The molecular weight excluding hydrogens is 309 g/mol. The van der Waals surface area contributed by atoms with E-state index >= 15 is 0 Å². The molecule has 0 amide bonds. The lowest BCUT2D eigenvalue weighted by molar-refractivity contribution is 0.0691. The fourth-order valence-electron chi connectivity index (χ4n) is 3.21. The van der Waals surface area contributed by atoms with E-state index in [1.54, 1.807) is 12.3 Å². The predicted octanol–water partition coefficient (Wildman–Crippen LogP) is 3.00. The second kappa shape index (κ2) is 6.55. The quantitative estimate of drug-likeness (QED) is 0.934. The zero-order valence-corrected chi connectivity index (χ0v) is 13.8. The van der Waals surface area contributed by atoms with Gasteiger partial charge < -0.3 is 10.0 Å². The van der Waals surface area contributed by atoms with Crippen LogP contribution in [0.1, 0.15) is 33.5 Å². The van der Waals surface area contributed by atoms with Crippen LogP contribution in [-0.4, -0.2) is 34.4 Å². The number of aromatic nitrogens is 2. The average molecular weight is 329 g/mol. The van der Waals surface area contributed by atoms with Gasteiger partial charge in [0.05, 0.1) is 11.8 Å². The third-order valence-electron chi connectivity index (χ3n) is 4.70. The third kappa shape index (κ3) is 3.22. The lowest BCUT2D eigenvalue weighted by atomic mass is 9.97. The minimum atomic E-state index is -1.23. The van der Waals surface area contributed by atoms with Crippen molar-refractivity contribution in [3.63, 3.8) is 0 Å². The summed E-state index contributed by atoms with van der Waals surface area (Å²) in [7, 11) is 0. The van der Waals surface area contributed by atoms with Gasteiger partial charge in [0.15, 0.2) is 5.82 Å². The summed E-state index contributed by atoms with van der Waals surface area (Å²) < 4.78 is 13.5. The van der Waals surface area contributed by atoms with Crippen LogP contribution < -0.4 is 4.90 Å². The van der Waals surface area contributed by atoms with Crippen molar-refractivity contribution in [2.45, 2.75) is 26.7 Å². The van der Waals surface area contributed by atoms with Crippen molar-refractivity contribution < 1.29 is 14.3 Å². The molecule has 126 valence electrons. The summed E-state index contributed by atoms with van der Waals surface area (Å²) in [6.45, 7) is 5.81. The minimum Gasteiger partial charge on any atom is -0.478 e. The van der Waals surface area contributed by atoms with Gasteiger partial charge in [-0.05, 0) is 61.4 Å². The number of carbonyl (C=O) groups is 1. The van der Waals surface area contributed by atoms with Crippen LogP contribution in [0, 0.1) is 25.6 Å². The SMILES string of the molecule is Cc1cnnc(N2CCC(Cc3ccc(F)c(C(=O)O)c3)C2)c1C. The number of carboxylic acid groups (broad SMARTS) is 1. The lowest BCUT2D eigenvalue weighted by Crippen LogP contribution is -2.23. The zero-order valence-electron chi connectivity index (χ0n) is 13.8. The van der Waals surface area contributed by atoms with Gasteiger partial charge in [0, 0.05) is 13.1 Å². The number of carboxylic acids is 1. The van der Waals surface area contributed by atoms with Crippen molar-refractivity contribution >= 4 is 11.8 Å². The van der Waals surface area contributed by atoms with Crippen LogP contribution in [0.25, 0.3) is 0 Å². The molecule has 1 saturated heterocycles. The molecule has 1 aromatic heterocycles. The Labute approximate surface area is 140 Å². The number of anilines is 1. The highest BCUT2D eigenvalue weighted by atomic mass is 19.1. The summed E-state index contributed by atoms with van der Waals surface area (Å²) >= 11 is 0. The summed E-state index contributed by atoms with van der Waals surface area (Å²) in [4.78, 5) is 13.3. The first kappa shape index (κ1) is 16.4. The first-order valence-corrected chi connectivity index (χ1v) is 8.01. The third-order valence-corrected chi connectivity index (χ3v) is 4.70. The fraction of sp³-hybridized carbons (Fsp3) is 0.389. The van der Waals surface area contributed by atoms with Crippen LogP contribution in [0.15, 0.2) is 24.4 Å². The van der Waals surface area contributed by atoms with Gasteiger partial charge in [0.2, 0.25) is 0 Å². The molecule has 0 bridgehead atoms. The Morgan fingerprint density at radius 3 is 2.96 bits per heavy atom. The van der Waals surface area contributed by atoms with E-state index in [1.807, 2.05) is 13.8 Å². The maximum absolute atomic E-state index is 13.5. The molecule has 24 heavy (non-hydrogen) atoms. The average Bonchev–Trinajstić information content (AvgIpc) is 3.00. The molecule has 0 radical (unpaired) electrons. The molecule has 1 atom stereocenters. The van der Waals surface area contributed by atoms with Crippen LogP contribution in [-0.2, 0) is 6.42 Å². The number of halogens is 1. The number of hydrogen-bond acceptors (Lipinski definition) is 4. The molecular formula is C18H20FN3O2. The van der Waals surface area contributed by atoms with E-state index < -0.39 is 11.8 Å². The van der Waals surface area contributed by atoms with Crippen molar-refractivity contribution in [2.75, 3.05) is 18.0 Å². The van der Waals surface area contributed by atoms with Gasteiger partial charge in [0.1, 0.15) is 5.82 Å². The fourth-order valence-corrected chi connectivity index (χ4v) is 3.21. The van der Waals surface area contributed by atoms with E-state index in [9.17, 15) is 9.18 Å². The van der Waals surface area contributed by atoms with Crippen LogP contribution in [0.2, 0.25) is 0 Å². The van der Waals surface area contributed by atoms with E-state index in [-0.39, 0.29) is 5.56 Å². The van der Waals surface area contributed by atoms with E-state index in [0.29, 0.717) is 5.92 Å². The Balaban J connectivity index is 1.72. The summed E-state index contributed by atoms with van der Waals surface area (Å²) in [5.74, 6) is -0.611. The van der Waals surface area contributed by atoms with Crippen LogP contribution >= 0.6 is 0 Å². The van der Waals surface area contributed by atoms with Crippen molar-refractivity contribution in [3.05, 3.63) is 52.5 Å². The Hall–Kier alpha value is -2.50. The van der Waals surface area contributed by atoms with E-state index in [0.717, 1.165) is 48.4 Å².